The van der Waals surface area contributed by atoms with Crippen molar-refractivity contribution in [2.75, 3.05) is 0 Å². The molecular weight excluding hydrogens is 240 g/mol. The summed E-state index contributed by atoms with van der Waals surface area (Å²) in [6.45, 7) is 5.92. The van der Waals surface area contributed by atoms with Gasteiger partial charge in [0.2, 0.25) is 0 Å². The lowest BCUT2D eigenvalue weighted by atomic mass is 9.99. The number of hydrogen-bond acceptors (Lipinski definition) is 0. The molecule has 0 fully saturated rings. The molecule has 0 amide bonds. The van der Waals surface area contributed by atoms with Crippen molar-refractivity contribution in [1.82, 2.24) is 0 Å². The van der Waals surface area contributed by atoms with Crippen molar-refractivity contribution in [2.45, 2.75) is 64.7 Å². The second-order valence-corrected chi connectivity index (χ2v) is 5.48. The van der Waals surface area contributed by atoms with Gasteiger partial charge in [-0.05, 0) is 43.7 Å². The fourth-order valence-electron chi connectivity index (χ4n) is 2.60. The summed E-state index contributed by atoms with van der Waals surface area (Å²) in [6.07, 6.45) is 16.3. The maximum absolute atomic E-state index is 3.76. The third-order valence-electron chi connectivity index (χ3n) is 3.85. The van der Waals surface area contributed by atoms with Crippen LogP contribution in [0.25, 0.3) is 5.57 Å². The first kappa shape index (κ1) is 16.8. The molecule has 0 radical (unpaired) electrons. The van der Waals surface area contributed by atoms with E-state index in [9.17, 15) is 0 Å². The van der Waals surface area contributed by atoms with Crippen LogP contribution in [-0.2, 0) is 0 Å². The first-order valence-electron chi connectivity index (χ1n) is 8.20. The highest BCUT2D eigenvalue weighted by Gasteiger charge is 1.99. The predicted molar refractivity (Wildman–Crippen MR) is 91.8 cm³/mol. The van der Waals surface area contributed by atoms with E-state index < -0.39 is 0 Å². The van der Waals surface area contributed by atoms with Crippen LogP contribution in [0.4, 0.5) is 0 Å². The quantitative estimate of drug-likeness (QED) is 0.307. The second-order valence-electron chi connectivity index (χ2n) is 5.48. The standard InChI is InChI=1S/C20H30/c1-3-5-6-7-8-9-10-11-13-16-19(4-2)20-17-14-12-15-18-20/h3-4,12,14-15,17-18H,1,5-11,13,16H2,2H3/b19-4-. The highest BCUT2D eigenvalue weighted by Crippen LogP contribution is 2.21. The monoisotopic (exact) mass is 270 g/mol. The SMILES string of the molecule is C=CCCCCCCCCC/C(=C/C)c1ccccc1. The first-order valence-corrected chi connectivity index (χ1v) is 8.20. The summed E-state index contributed by atoms with van der Waals surface area (Å²) in [7, 11) is 0. The second kappa shape index (κ2) is 11.5. The average molecular weight is 270 g/mol. The summed E-state index contributed by atoms with van der Waals surface area (Å²) >= 11 is 0. The lowest BCUT2D eigenvalue weighted by molar-refractivity contribution is 0.585. The van der Waals surface area contributed by atoms with Crippen molar-refractivity contribution < 1.29 is 0 Å². The zero-order valence-electron chi connectivity index (χ0n) is 13.1. The molecule has 0 aliphatic heterocycles. The zero-order chi connectivity index (χ0) is 14.5. The molecule has 0 spiro atoms. The van der Waals surface area contributed by atoms with Gasteiger partial charge in [0, 0.05) is 0 Å². The van der Waals surface area contributed by atoms with Gasteiger partial charge in [0.1, 0.15) is 0 Å². The minimum absolute atomic E-state index is 1.18. The average Bonchev–Trinajstić information content (AvgIpc) is 2.50. The Balaban J connectivity index is 2.07. The first-order chi connectivity index (χ1) is 9.88. The van der Waals surface area contributed by atoms with Crippen LogP contribution >= 0.6 is 0 Å². The largest absolute Gasteiger partial charge is 0.103 e. The van der Waals surface area contributed by atoms with Crippen LogP contribution in [-0.4, -0.2) is 0 Å². The van der Waals surface area contributed by atoms with Crippen molar-refractivity contribution in [1.29, 1.82) is 0 Å². The maximum atomic E-state index is 3.76. The number of allylic oxidation sites excluding steroid dienone is 3. The van der Waals surface area contributed by atoms with Gasteiger partial charge >= 0.3 is 0 Å². The molecule has 1 rings (SSSR count). The van der Waals surface area contributed by atoms with Crippen LogP contribution in [0.15, 0.2) is 49.1 Å². The molecule has 0 heterocycles. The molecule has 1 aromatic rings. The summed E-state index contributed by atoms with van der Waals surface area (Å²) in [4.78, 5) is 0. The Morgan fingerprint density at radius 2 is 1.50 bits per heavy atom. The summed E-state index contributed by atoms with van der Waals surface area (Å²) in [5.41, 5.74) is 2.89. The van der Waals surface area contributed by atoms with Crippen LogP contribution in [0.1, 0.15) is 70.3 Å². The third kappa shape index (κ3) is 7.33. The Hall–Kier alpha value is -1.30. The van der Waals surface area contributed by atoms with E-state index in [1.165, 1.54) is 68.9 Å². The van der Waals surface area contributed by atoms with E-state index in [0.29, 0.717) is 0 Å². The Morgan fingerprint density at radius 3 is 2.10 bits per heavy atom. The molecule has 0 atom stereocenters. The van der Waals surface area contributed by atoms with Gasteiger partial charge in [-0.3, -0.25) is 0 Å². The Labute approximate surface area is 125 Å². The number of unbranched alkanes of at least 4 members (excludes halogenated alkanes) is 7. The number of rotatable bonds is 11. The highest BCUT2D eigenvalue weighted by atomic mass is 14.0. The highest BCUT2D eigenvalue weighted by molar-refractivity contribution is 5.64. The fraction of sp³-hybridized carbons (Fsp3) is 0.500. The lowest BCUT2D eigenvalue weighted by Gasteiger charge is -2.07. The van der Waals surface area contributed by atoms with Crippen LogP contribution in [0.5, 0.6) is 0 Å². The summed E-state index contributed by atoms with van der Waals surface area (Å²) in [5.74, 6) is 0. The molecular formula is C20H30. The molecule has 0 heteroatoms. The van der Waals surface area contributed by atoms with Crippen LogP contribution in [0.3, 0.4) is 0 Å². The van der Waals surface area contributed by atoms with Gasteiger partial charge in [0.25, 0.3) is 0 Å². The molecule has 0 aromatic heterocycles. The summed E-state index contributed by atoms with van der Waals surface area (Å²) in [5, 5.41) is 0. The van der Waals surface area contributed by atoms with Crippen molar-refractivity contribution in [2.24, 2.45) is 0 Å². The summed E-state index contributed by atoms with van der Waals surface area (Å²) < 4.78 is 0. The van der Waals surface area contributed by atoms with Crippen molar-refractivity contribution >= 4 is 5.57 Å². The van der Waals surface area contributed by atoms with Crippen molar-refractivity contribution in [3.8, 4) is 0 Å². The fourth-order valence-corrected chi connectivity index (χ4v) is 2.60. The smallest absolute Gasteiger partial charge is 0.0228 e. The molecule has 0 N–H and O–H groups in total. The van der Waals surface area contributed by atoms with Crippen molar-refractivity contribution in [3.05, 3.63) is 54.6 Å². The van der Waals surface area contributed by atoms with Crippen LogP contribution in [0.2, 0.25) is 0 Å². The molecule has 0 saturated carbocycles. The van der Waals surface area contributed by atoms with Crippen molar-refractivity contribution in [3.63, 3.8) is 0 Å². The van der Waals surface area contributed by atoms with Gasteiger partial charge in [0.05, 0.1) is 0 Å². The van der Waals surface area contributed by atoms with Crippen LogP contribution in [0, 0.1) is 0 Å². The molecule has 0 aliphatic carbocycles. The minimum atomic E-state index is 1.18. The minimum Gasteiger partial charge on any atom is -0.103 e. The van der Waals surface area contributed by atoms with Gasteiger partial charge in [-0.15, -0.1) is 6.58 Å². The van der Waals surface area contributed by atoms with Crippen LogP contribution < -0.4 is 0 Å². The predicted octanol–water partition coefficient (Wildman–Crippen LogP) is 6.79. The van der Waals surface area contributed by atoms with Gasteiger partial charge in [-0.25, -0.2) is 0 Å². The number of benzene rings is 1. The molecule has 0 saturated heterocycles. The van der Waals surface area contributed by atoms with Gasteiger partial charge in [-0.1, -0.05) is 74.6 Å². The molecule has 0 aliphatic rings. The Kier molecular flexibility index (Phi) is 9.65. The van der Waals surface area contributed by atoms with Gasteiger partial charge < -0.3 is 0 Å². The van der Waals surface area contributed by atoms with E-state index in [1.54, 1.807) is 0 Å². The van der Waals surface area contributed by atoms with Gasteiger partial charge in [-0.2, -0.15) is 0 Å². The van der Waals surface area contributed by atoms with Gasteiger partial charge in [0.15, 0.2) is 0 Å². The Morgan fingerprint density at radius 1 is 0.900 bits per heavy atom. The van der Waals surface area contributed by atoms with E-state index in [4.69, 9.17) is 0 Å². The third-order valence-corrected chi connectivity index (χ3v) is 3.85. The number of hydrogen-bond donors (Lipinski definition) is 0. The zero-order valence-corrected chi connectivity index (χ0v) is 13.1. The Bertz CT molecular complexity index is 372. The molecule has 0 nitrogen and oxygen atoms in total. The summed E-state index contributed by atoms with van der Waals surface area (Å²) in [6, 6.07) is 10.8. The molecule has 0 unspecified atom stereocenters. The maximum Gasteiger partial charge on any atom is -0.0228 e. The van der Waals surface area contributed by atoms with E-state index >= 15 is 0 Å². The lowest BCUT2D eigenvalue weighted by Crippen LogP contribution is -1.86. The topological polar surface area (TPSA) is 0 Å². The van der Waals surface area contributed by atoms with E-state index in [-0.39, 0.29) is 0 Å². The molecule has 110 valence electrons. The normalized spacial score (nSPS) is 11.6. The van der Waals surface area contributed by atoms with E-state index in [0.717, 1.165) is 0 Å². The molecule has 20 heavy (non-hydrogen) atoms. The molecule has 1 aromatic carbocycles. The van der Waals surface area contributed by atoms with E-state index in [2.05, 4.69) is 49.9 Å². The molecule has 0 bridgehead atoms. The van der Waals surface area contributed by atoms with E-state index in [1.807, 2.05) is 6.08 Å².